The van der Waals surface area contributed by atoms with Crippen molar-refractivity contribution in [3.63, 3.8) is 0 Å². The number of hydrogen-bond acceptors (Lipinski definition) is 4. The van der Waals surface area contributed by atoms with Crippen molar-refractivity contribution in [3.05, 3.63) is 23.0 Å². The fraction of sp³-hybridized carbons (Fsp3) is 0.647. The lowest BCUT2D eigenvalue weighted by Crippen LogP contribution is -2.23. The molecule has 0 radical (unpaired) electrons. The molecule has 120 valence electrons. The van der Waals surface area contributed by atoms with E-state index >= 15 is 0 Å². The highest BCUT2D eigenvalue weighted by Crippen LogP contribution is 2.35. The summed E-state index contributed by atoms with van der Waals surface area (Å²) < 4.78 is 0. The summed E-state index contributed by atoms with van der Waals surface area (Å²) in [6, 6.07) is 1.76. The summed E-state index contributed by atoms with van der Waals surface area (Å²) in [7, 11) is 0. The topological polar surface area (TPSA) is 62.2 Å². The van der Waals surface area contributed by atoms with E-state index < -0.39 is 0 Å². The molecule has 0 spiro atoms. The van der Waals surface area contributed by atoms with Crippen LogP contribution in [0.3, 0.4) is 0 Å². The number of pyridine rings is 1. The third-order valence-electron chi connectivity index (χ3n) is 4.89. The number of Topliss-reactive ketones (excluding diaryl/α,β-unsaturated/α-hetero) is 1. The highest BCUT2D eigenvalue weighted by atomic mass is 35.5. The van der Waals surface area contributed by atoms with Crippen molar-refractivity contribution in [1.82, 2.24) is 4.98 Å². The van der Waals surface area contributed by atoms with Crippen LogP contribution in [0.15, 0.2) is 12.3 Å². The van der Waals surface area contributed by atoms with Gasteiger partial charge in [-0.15, -0.1) is 0 Å². The van der Waals surface area contributed by atoms with Gasteiger partial charge in [-0.1, -0.05) is 11.6 Å². The van der Waals surface area contributed by atoms with Gasteiger partial charge in [0.1, 0.15) is 5.15 Å². The van der Waals surface area contributed by atoms with Crippen LogP contribution < -0.4 is 5.32 Å². The van der Waals surface area contributed by atoms with E-state index in [0.717, 1.165) is 50.8 Å². The molecule has 5 heteroatoms. The average molecular weight is 323 g/mol. The van der Waals surface area contributed by atoms with Gasteiger partial charge in [0.05, 0.1) is 5.56 Å². The molecule has 22 heavy (non-hydrogen) atoms. The number of anilines is 1. The summed E-state index contributed by atoms with van der Waals surface area (Å²) in [4.78, 5) is 16.4. The minimum Gasteiger partial charge on any atom is -0.396 e. The van der Waals surface area contributed by atoms with Crippen molar-refractivity contribution in [1.29, 1.82) is 0 Å². The first-order valence-corrected chi connectivity index (χ1v) is 8.59. The maximum atomic E-state index is 12.3. The van der Waals surface area contributed by atoms with Crippen LogP contribution in [0.4, 0.5) is 5.69 Å². The second-order valence-corrected chi connectivity index (χ2v) is 7.03. The number of aromatic nitrogens is 1. The lowest BCUT2D eigenvalue weighted by atomic mass is 9.82. The molecular formula is C17H23ClN2O2. The number of carbonyl (C=O) groups is 1. The third-order valence-corrected chi connectivity index (χ3v) is 5.10. The molecule has 4 nitrogen and oxygen atoms in total. The van der Waals surface area contributed by atoms with Crippen LogP contribution in [0.2, 0.25) is 5.15 Å². The van der Waals surface area contributed by atoms with E-state index in [-0.39, 0.29) is 11.7 Å². The molecule has 0 aromatic carbocycles. The van der Waals surface area contributed by atoms with Gasteiger partial charge in [-0.3, -0.25) is 4.79 Å². The Kier molecular flexibility index (Phi) is 4.99. The average Bonchev–Trinajstić information content (AvgIpc) is 3.38. The van der Waals surface area contributed by atoms with Gasteiger partial charge in [0.25, 0.3) is 0 Å². The van der Waals surface area contributed by atoms with Crippen LogP contribution in [-0.4, -0.2) is 29.0 Å². The van der Waals surface area contributed by atoms with E-state index in [1.807, 2.05) is 0 Å². The van der Waals surface area contributed by atoms with E-state index in [4.69, 9.17) is 11.6 Å². The number of aliphatic hydroxyl groups is 1. The normalized spacial score (nSPS) is 25.0. The number of hydrogen-bond donors (Lipinski definition) is 2. The smallest absolute Gasteiger partial charge is 0.169 e. The molecule has 0 bridgehead atoms. The Morgan fingerprint density at radius 3 is 2.55 bits per heavy atom. The Morgan fingerprint density at radius 2 is 1.91 bits per heavy atom. The van der Waals surface area contributed by atoms with Gasteiger partial charge in [0.15, 0.2) is 5.78 Å². The third kappa shape index (κ3) is 3.79. The van der Waals surface area contributed by atoms with Gasteiger partial charge < -0.3 is 10.4 Å². The molecule has 0 unspecified atom stereocenters. The van der Waals surface area contributed by atoms with Crippen LogP contribution >= 0.6 is 11.6 Å². The lowest BCUT2D eigenvalue weighted by molar-refractivity contribution is 0.0968. The molecule has 2 aliphatic carbocycles. The Balaban J connectivity index is 1.62. The van der Waals surface area contributed by atoms with Crippen molar-refractivity contribution < 1.29 is 9.90 Å². The summed E-state index contributed by atoms with van der Waals surface area (Å²) in [6.45, 7) is 1.16. The molecule has 0 atom stereocenters. The van der Waals surface area contributed by atoms with Crippen LogP contribution in [0, 0.1) is 17.8 Å². The Bertz CT molecular complexity index is 537. The zero-order chi connectivity index (χ0) is 15.5. The molecule has 1 aromatic heterocycles. The van der Waals surface area contributed by atoms with Gasteiger partial charge in [-0.25, -0.2) is 4.98 Å². The predicted molar refractivity (Wildman–Crippen MR) is 87.3 cm³/mol. The monoisotopic (exact) mass is 322 g/mol. The van der Waals surface area contributed by atoms with E-state index in [2.05, 4.69) is 10.3 Å². The molecular weight excluding hydrogens is 300 g/mol. The Morgan fingerprint density at radius 1 is 1.23 bits per heavy atom. The van der Waals surface area contributed by atoms with Crippen LogP contribution in [0.25, 0.3) is 0 Å². The predicted octanol–water partition coefficient (Wildman–Crippen LogP) is 3.54. The number of carbonyl (C=O) groups excluding carboxylic acids is 1. The number of nitrogens with one attached hydrogen (secondary N) is 1. The number of rotatable bonds is 6. The second-order valence-electron chi connectivity index (χ2n) is 6.64. The minimum atomic E-state index is 0.184. The Labute approximate surface area is 136 Å². The zero-order valence-corrected chi connectivity index (χ0v) is 13.5. The molecule has 0 amide bonds. The fourth-order valence-corrected chi connectivity index (χ4v) is 3.37. The number of aliphatic hydroxyl groups excluding tert-OH is 1. The fourth-order valence-electron chi connectivity index (χ4n) is 3.21. The standard InChI is InChI=1S/C17H23ClN2O2/c18-16-7-15(14(9-20-16)17(22)13-5-6-13)19-8-11-1-3-12(10-21)4-2-11/h7,9,11-13,21H,1-6,8,10H2,(H,19,20). The minimum absolute atomic E-state index is 0.184. The van der Waals surface area contributed by atoms with E-state index in [1.165, 1.54) is 0 Å². The molecule has 2 aliphatic rings. The van der Waals surface area contributed by atoms with Gasteiger partial charge >= 0.3 is 0 Å². The highest BCUT2D eigenvalue weighted by molar-refractivity contribution is 6.29. The zero-order valence-electron chi connectivity index (χ0n) is 12.7. The maximum Gasteiger partial charge on any atom is 0.169 e. The second kappa shape index (κ2) is 6.97. The molecule has 3 rings (SSSR count). The summed E-state index contributed by atoms with van der Waals surface area (Å²) in [5, 5.41) is 13.0. The van der Waals surface area contributed by atoms with E-state index in [1.54, 1.807) is 12.3 Å². The van der Waals surface area contributed by atoms with Gasteiger partial charge in [-0.2, -0.15) is 0 Å². The van der Waals surface area contributed by atoms with Gasteiger partial charge in [0.2, 0.25) is 0 Å². The maximum absolute atomic E-state index is 12.3. The van der Waals surface area contributed by atoms with Crippen LogP contribution in [0.1, 0.15) is 48.9 Å². The van der Waals surface area contributed by atoms with E-state index in [9.17, 15) is 9.90 Å². The van der Waals surface area contributed by atoms with Gasteiger partial charge in [-0.05, 0) is 56.4 Å². The van der Waals surface area contributed by atoms with Crippen molar-refractivity contribution in [2.45, 2.75) is 38.5 Å². The SMILES string of the molecule is O=C(c1cnc(Cl)cc1NCC1CCC(CO)CC1)C1CC1. The molecule has 0 saturated heterocycles. The summed E-state index contributed by atoms with van der Waals surface area (Å²) in [5.74, 6) is 1.44. The molecule has 2 fully saturated rings. The molecule has 2 saturated carbocycles. The van der Waals surface area contributed by atoms with E-state index in [0.29, 0.717) is 29.2 Å². The first-order valence-electron chi connectivity index (χ1n) is 8.22. The number of nitrogens with zero attached hydrogens (tertiary/aromatic N) is 1. The van der Waals surface area contributed by atoms with Crippen LogP contribution in [0.5, 0.6) is 0 Å². The lowest BCUT2D eigenvalue weighted by Gasteiger charge is -2.27. The Hall–Kier alpha value is -1.13. The quantitative estimate of drug-likeness (QED) is 0.621. The highest BCUT2D eigenvalue weighted by Gasteiger charge is 2.32. The van der Waals surface area contributed by atoms with Crippen molar-refractivity contribution in [2.24, 2.45) is 17.8 Å². The van der Waals surface area contributed by atoms with Gasteiger partial charge in [0, 0.05) is 31.0 Å². The van der Waals surface area contributed by atoms with Crippen molar-refractivity contribution in [3.8, 4) is 0 Å². The summed E-state index contributed by atoms with van der Waals surface area (Å²) in [6.07, 6.45) is 8.03. The van der Waals surface area contributed by atoms with Crippen molar-refractivity contribution >= 4 is 23.1 Å². The summed E-state index contributed by atoms with van der Waals surface area (Å²) in [5.41, 5.74) is 1.50. The first kappa shape index (κ1) is 15.8. The number of halogens is 1. The van der Waals surface area contributed by atoms with Crippen molar-refractivity contribution in [2.75, 3.05) is 18.5 Å². The molecule has 1 aromatic rings. The summed E-state index contributed by atoms with van der Waals surface area (Å²) >= 11 is 5.99. The first-order chi connectivity index (χ1) is 10.7. The molecule has 2 N–H and O–H groups in total. The molecule has 0 aliphatic heterocycles. The van der Waals surface area contributed by atoms with Crippen LogP contribution in [-0.2, 0) is 0 Å². The largest absolute Gasteiger partial charge is 0.396 e. The number of ketones is 1. The molecule has 1 heterocycles.